The van der Waals surface area contributed by atoms with Gasteiger partial charge in [-0.1, -0.05) is 66.7 Å². The molecule has 0 heterocycles. The van der Waals surface area contributed by atoms with Crippen LogP contribution in [0.15, 0.2) is 42.5 Å². The summed E-state index contributed by atoms with van der Waals surface area (Å²) in [7, 11) is 0. The van der Waals surface area contributed by atoms with Crippen LogP contribution >= 0.6 is 23.2 Å². The maximum atomic E-state index is 13.3. The zero-order valence-corrected chi connectivity index (χ0v) is 20.1. The fraction of sp³-hybridized carbons (Fsp3) is 0.440. The van der Waals surface area contributed by atoms with Gasteiger partial charge in [0.2, 0.25) is 5.91 Å². The Morgan fingerprint density at radius 3 is 2.31 bits per heavy atom. The number of nitrogens with zero attached hydrogens (tertiary/aromatic N) is 1. The van der Waals surface area contributed by atoms with E-state index >= 15 is 0 Å². The quantitative estimate of drug-likeness (QED) is 0.516. The van der Waals surface area contributed by atoms with Gasteiger partial charge in [-0.05, 0) is 50.5 Å². The van der Waals surface area contributed by atoms with Crippen molar-refractivity contribution in [3.63, 3.8) is 0 Å². The van der Waals surface area contributed by atoms with Gasteiger partial charge in [0.15, 0.2) is 6.61 Å². The summed E-state index contributed by atoms with van der Waals surface area (Å²) < 4.78 is 5.72. The van der Waals surface area contributed by atoms with E-state index in [0.717, 1.165) is 31.2 Å². The molecule has 0 aromatic heterocycles. The molecule has 1 fully saturated rings. The fourth-order valence-corrected chi connectivity index (χ4v) is 4.52. The van der Waals surface area contributed by atoms with Crippen molar-refractivity contribution >= 4 is 35.0 Å². The molecule has 0 saturated heterocycles. The highest BCUT2D eigenvalue weighted by atomic mass is 35.5. The summed E-state index contributed by atoms with van der Waals surface area (Å²) >= 11 is 12.8. The molecule has 2 aromatic rings. The number of rotatable bonds is 9. The molecule has 0 spiro atoms. The topological polar surface area (TPSA) is 58.6 Å². The first-order chi connectivity index (χ1) is 15.4. The van der Waals surface area contributed by atoms with Crippen LogP contribution in [0.5, 0.6) is 5.75 Å². The Morgan fingerprint density at radius 1 is 1.09 bits per heavy atom. The smallest absolute Gasteiger partial charge is 0.261 e. The lowest BCUT2D eigenvalue weighted by Gasteiger charge is -2.32. The van der Waals surface area contributed by atoms with Crippen molar-refractivity contribution < 1.29 is 14.3 Å². The maximum Gasteiger partial charge on any atom is 0.261 e. The number of carbonyl (C=O) groups is 2. The molecule has 7 heteroatoms. The van der Waals surface area contributed by atoms with Crippen LogP contribution in [0.3, 0.4) is 0 Å². The summed E-state index contributed by atoms with van der Waals surface area (Å²) in [6, 6.07) is 12.2. The normalized spacial score (nSPS) is 14.8. The molecule has 3 rings (SSSR count). The Labute approximate surface area is 200 Å². The molecule has 1 aliphatic carbocycles. The van der Waals surface area contributed by atoms with Crippen LogP contribution in [0, 0.1) is 6.92 Å². The number of aryl methyl sites for hydroxylation is 1. The predicted molar refractivity (Wildman–Crippen MR) is 128 cm³/mol. The Morgan fingerprint density at radius 2 is 1.72 bits per heavy atom. The minimum absolute atomic E-state index is 0.130. The molecule has 2 amide bonds. The zero-order valence-electron chi connectivity index (χ0n) is 18.6. The molecule has 0 unspecified atom stereocenters. The number of halogens is 2. The van der Waals surface area contributed by atoms with E-state index in [1.807, 2.05) is 38.1 Å². The van der Waals surface area contributed by atoms with Gasteiger partial charge in [-0.2, -0.15) is 0 Å². The summed E-state index contributed by atoms with van der Waals surface area (Å²) in [6.45, 7) is 3.83. The van der Waals surface area contributed by atoms with Crippen molar-refractivity contribution in [1.82, 2.24) is 10.2 Å². The minimum atomic E-state index is -0.642. The standard InChI is InChI=1S/C25H30Cl2N2O3/c1-3-23(25(31)28-18-7-4-5-8-18)29(15-20-21(26)9-6-10-22(20)27)24(30)16-32-19-13-11-17(2)12-14-19/h6,9-14,18,23H,3-5,7-8,15-16H2,1-2H3,(H,28,31)/t23-/m0/s1. The third-order valence-electron chi connectivity index (χ3n) is 5.86. The number of benzene rings is 2. The van der Waals surface area contributed by atoms with Gasteiger partial charge in [-0.3, -0.25) is 9.59 Å². The molecule has 0 bridgehead atoms. The van der Waals surface area contributed by atoms with Gasteiger partial charge in [0, 0.05) is 28.2 Å². The van der Waals surface area contributed by atoms with Crippen molar-refractivity contribution in [3.8, 4) is 5.75 Å². The molecule has 1 saturated carbocycles. The summed E-state index contributed by atoms with van der Waals surface area (Å²) in [5.41, 5.74) is 1.72. The summed E-state index contributed by atoms with van der Waals surface area (Å²) in [4.78, 5) is 28.0. The van der Waals surface area contributed by atoms with Crippen molar-refractivity contribution in [2.24, 2.45) is 0 Å². The number of nitrogens with one attached hydrogen (secondary N) is 1. The van der Waals surface area contributed by atoms with E-state index in [4.69, 9.17) is 27.9 Å². The van der Waals surface area contributed by atoms with Crippen LogP contribution in [0.1, 0.15) is 50.2 Å². The molecular weight excluding hydrogens is 447 g/mol. The van der Waals surface area contributed by atoms with E-state index < -0.39 is 6.04 Å². The minimum Gasteiger partial charge on any atom is -0.484 e. The van der Waals surface area contributed by atoms with Crippen LogP contribution in [0.4, 0.5) is 0 Å². The highest BCUT2D eigenvalue weighted by molar-refractivity contribution is 6.36. The number of ether oxygens (including phenoxy) is 1. The van der Waals surface area contributed by atoms with E-state index in [0.29, 0.717) is 27.8 Å². The SMILES string of the molecule is CC[C@@H](C(=O)NC1CCCC1)N(Cc1c(Cl)cccc1Cl)C(=O)COc1ccc(C)cc1. The third-order valence-corrected chi connectivity index (χ3v) is 6.57. The van der Waals surface area contributed by atoms with Crippen LogP contribution < -0.4 is 10.1 Å². The Bertz CT molecular complexity index is 907. The van der Waals surface area contributed by atoms with Gasteiger partial charge in [-0.25, -0.2) is 0 Å². The van der Waals surface area contributed by atoms with E-state index in [1.54, 1.807) is 18.2 Å². The summed E-state index contributed by atoms with van der Waals surface area (Å²) in [5, 5.41) is 4.04. The van der Waals surface area contributed by atoms with E-state index in [1.165, 1.54) is 4.90 Å². The summed E-state index contributed by atoms with van der Waals surface area (Å²) in [5.74, 6) is 0.157. The summed E-state index contributed by atoms with van der Waals surface area (Å²) in [6.07, 6.45) is 4.65. The van der Waals surface area contributed by atoms with Gasteiger partial charge >= 0.3 is 0 Å². The lowest BCUT2D eigenvalue weighted by atomic mass is 10.1. The molecule has 172 valence electrons. The van der Waals surface area contributed by atoms with Gasteiger partial charge in [0.25, 0.3) is 5.91 Å². The highest BCUT2D eigenvalue weighted by Crippen LogP contribution is 2.27. The molecule has 1 atom stereocenters. The van der Waals surface area contributed by atoms with Crippen molar-refractivity contribution in [2.75, 3.05) is 6.61 Å². The first-order valence-electron chi connectivity index (χ1n) is 11.1. The van der Waals surface area contributed by atoms with Crippen LogP contribution in [0.25, 0.3) is 0 Å². The molecule has 1 N–H and O–H groups in total. The lowest BCUT2D eigenvalue weighted by molar-refractivity contribution is -0.143. The first kappa shape index (κ1) is 24.4. The number of amides is 2. The number of hydrogen-bond acceptors (Lipinski definition) is 3. The van der Waals surface area contributed by atoms with Crippen molar-refractivity contribution in [2.45, 2.75) is 64.6 Å². The van der Waals surface area contributed by atoms with E-state index in [2.05, 4.69) is 5.32 Å². The van der Waals surface area contributed by atoms with Crippen LogP contribution in [-0.2, 0) is 16.1 Å². The average molecular weight is 477 g/mol. The zero-order chi connectivity index (χ0) is 23.1. The van der Waals surface area contributed by atoms with Gasteiger partial charge < -0.3 is 15.0 Å². The second-order valence-corrected chi connectivity index (χ2v) is 9.05. The molecular formula is C25H30Cl2N2O3. The molecule has 2 aromatic carbocycles. The highest BCUT2D eigenvalue weighted by Gasteiger charge is 2.31. The van der Waals surface area contributed by atoms with Crippen molar-refractivity contribution in [3.05, 3.63) is 63.6 Å². The molecule has 5 nitrogen and oxygen atoms in total. The largest absolute Gasteiger partial charge is 0.484 e. The van der Waals surface area contributed by atoms with E-state index in [-0.39, 0.29) is 31.0 Å². The third kappa shape index (κ3) is 6.39. The number of carbonyl (C=O) groups excluding carboxylic acids is 2. The molecule has 32 heavy (non-hydrogen) atoms. The maximum absolute atomic E-state index is 13.3. The second kappa shape index (κ2) is 11.6. The molecule has 1 aliphatic rings. The fourth-order valence-electron chi connectivity index (χ4n) is 4.00. The second-order valence-electron chi connectivity index (χ2n) is 8.24. The van der Waals surface area contributed by atoms with Gasteiger partial charge in [-0.15, -0.1) is 0 Å². The van der Waals surface area contributed by atoms with E-state index in [9.17, 15) is 9.59 Å². The van der Waals surface area contributed by atoms with Gasteiger partial charge in [0.05, 0.1) is 0 Å². The Kier molecular flexibility index (Phi) is 8.83. The average Bonchev–Trinajstić information content (AvgIpc) is 3.28. The predicted octanol–water partition coefficient (Wildman–Crippen LogP) is 5.55. The van der Waals surface area contributed by atoms with Crippen LogP contribution in [-0.4, -0.2) is 35.4 Å². The monoisotopic (exact) mass is 476 g/mol. The Hall–Kier alpha value is -2.24. The van der Waals surface area contributed by atoms with Crippen LogP contribution in [0.2, 0.25) is 10.0 Å². The Balaban J connectivity index is 1.80. The lowest BCUT2D eigenvalue weighted by Crippen LogP contribution is -2.52. The van der Waals surface area contributed by atoms with Gasteiger partial charge in [0.1, 0.15) is 11.8 Å². The number of hydrogen-bond donors (Lipinski definition) is 1. The first-order valence-corrected chi connectivity index (χ1v) is 11.9. The molecule has 0 aliphatic heterocycles. The molecule has 0 radical (unpaired) electrons. The van der Waals surface area contributed by atoms with Crippen molar-refractivity contribution in [1.29, 1.82) is 0 Å².